The number of piperidine rings is 1. The zero-order valence-electron chi connectivity index (χ0n) is 26.8. The lowest BCUT2D eigenvalue weighted by Gasteiger charge is -2.35. The molecule has 2 atom stereocenters. The first kappa shape index (κ1) is 32.7. The summed E-state index contributed by atoms with van der Waals surface area (Å²) in [5, 5.41) is 20.3. The van der Waals surface area contributed by atoms with Crippen molar-refractivity contribution in [3.8, 4) is 45.4 Å². The van der Waals surface area contributed by atoms with Gasteiger partial charge in [0.25, 0.3) is 0 Å². The molecule has 2 aromatic heterocycles. The molecule has 250 valence electrons. The third-order valence-corrected chi connectivity index (χ3v) is 10.5. The van der Waals surface area contributed by atoms with Crippen LogP contribution in [0.5, 0.6) is 11.8 Å². The van der Waals surface area contributed by atoms with Crippen LogP contribution in [0.4, 0.5) is 0 Å². The fourth-order valence-electron chi connectivity index (χ4n) is 7.29. The minimum absolute atomic E-state index is 0.0707. The van der Waals surface area contributed by atoms with Gasteiger partial charge in [0, 0.05) is 60.0 Å². The fraction of sp³-hybridized carbons (Fsp3) is 0.389. The number of methoxy groups -OCH3 is 2. The first-order valence-electron chi connectivity index (χ1n) is 16.2. The van der Waals surface area contributed by atoms with E-state index in [1.165, 1.54) is 0 Å². The number of carboxylic acid groups (broad SMARTS) is 1. The average Bonchev–Trinajstić information content (AvgIpc) is 3.52. The number of halogens is 2. The van der Waals surface area contributed by atoms with Crippen LogP contribution in [0.1, 0.15) is 42.1 Å². The minimum Gasteiger partial charge on any atom is -0.481 e. The number of aliphatic carboxylic acids is 1. The van der Waals surface area contributed by atoms with E-state index in [0.717, 1.165) is 53.6 Å². The maximum Gasteiger partial charge on any atom is 0.307 e. The van der Waals surface area contributed by atoms with E-state index in [2.05, 4.69) is 20.9 Å². The predicted octanol–water partition coefficient (Wildman–Crippen LogP) is 6.16. The summed E-state index contributed by atoms with van der Waals surface area (Å²) in [7, 11) is 3.19. The second kappa shape index (κ2) is 13.6. The molecule has 0 radical (unpaired) electrons. The highest BCUT2D eigenvalue weighted by atomic mass is 35.5. The monoisotopic (exact) mass is 689 g/mol. The Morgan fingerprint density at radius 2 is 1.56 bits per heavy atom. The molecule has 0 saturated carbocycles. The standard InChI is InChI=1S/C36H37Cl2N5O5/c1-47-34-29(19-42-17-22(44)18-42)39-15-28(41-34)26-10-4-8-24(33(26)38)23-7-3-9-25(32(23)37)27-14-20-11-12-30(31(20)35(40-27)48-2)43-13-5-6-21(16-43)36(45)46/h3-4,7-10,14-15,21-22,30,44H,5-6,11-13,16-19H2,1-2H3,(H,45,46)/t21-,30?/m0/s1. The number of hydrogen-bond acceptors (Lipinski definition) is 9. The summed E-state index contributed by atoms with van der Waals surface area (Å²) in [6.07, 6.45) is 4.68. The number of β-amino-alcohol motifs (C(OH)–C–C–N with tert-alkyl or cyclic N) is 1. The van der Waals surface area contributed by atoms with Crippen molar-refractivity contribution in [1.29, 1.82) is 0 Å². The summed E-state index contributed by atoms with van der Waals surface area (Å²) >= 11 is 14.2. The molecule has 2 fully saturated rings. The van der Waals surface area contributed by atoms with Crippen LogP contribution >= 0.6 is 23.2 Å². The number of aliphatic hydroxyl groups excluding tert-OH is 1. The molecule has 1 unspecified atom stereocenters. The van der Waals surface area contributed by atoms with E-state index in [1.54, 1.807) is 20.4 Å². The molecule has 2 aromatic carbocycles. The van der Waals surface area contributed by atoms with Crippen molar-refractivity contribution in [1.82, 2.24) is 24.8 Å². The Balaban J connectivity index is 1.20. The van der Waals surface area contributed by atoms with E-state index in [-0.39, 0.29) is 18.1 Å². The predicted molar refractivity (Wildman–Crippen MR) is 184 cm³/mol. The Morgan fingerprint density at radius 1 is 0.917 bits per heavy atom. The quantitative estimate of drug-likeness (QED) is 0.211. The Hall–Kier alpha value is -3.80. The molecular weight excluding hydrogens is 653 g/mol. The van der Waals surface area contributed by atoms with Crippen LogP contribution in [-0.2, 0) is 17.8 Å². The van der Waals surface area contributed by atoms with Crippen molar-refractivity contribution in [2.45, 2.75) is 44.4 Å². The lowest BCUT2D eigenvalue weighted by Crippen LogP contribution is -2.50. The maximum absolute atomic E-state index is 11.7. The molecule has 3 aliphatic rings. The van der Waals surface area contributed by atoms with Gasteiger partial charge in [-0.3, -0.25) is 19.6 Å². The fourth-order valence-corrected chi connectivity index (χ4v) is 7.94. The van der Waals surface area contributed by atoms with E-state index in [9.17, 15) is 15.0 Å². The van der Waals surface area contributed by atoms with Gasteiger partial charge in [-0.2, -0.15) is 0 Å². The summed E-state index contributed by atoms with van der Waals surface area (Å²) in [5.41, 5.74) is 7.09. The van der Waals surface area contributed by atoms with E-state index in [0.29, 0.717) is 77.1 Å². The van der Waals surface area contributed by atoms with Gasteiger partial charge in [-0.15, -0.1) is 0 Å². The zero-order chi connectivity index (χ0) is 33.5. The number of likely N-dealkylation sites (tertiary alicyclic amines) is 2. The second-order valence-electron chi connectivity index (χ2n) is 12.7. The summed E-state index contributed by atoms with van der Waals surface area (Å²) in [6, 6.07) is 13.7. The lowest BCUT2D eigenvalue weighted by atomic mass is 9.95. The zero-order valence-corrected chi connectivity index (χ0v) is 28.3. The van der Waals surface area contributed by atoms with Crippen molar-refractivity contribution >= 4 is 29.2 Å². The Kier molecular flexibility index (Phi) is 9.28. The van der Waals surface area contributed by atoms with Crippen LogP contribution in [0.15, 0.2) is 48.7 Å². The van der Waals surface area contributed by atoms with Crippen molar-refractivity contribution in [3.63, 3.8) is 0 Å². The van der Waals surface area contributed by atoms with Crippen LogP contribution in [0.2, 0.25) is 10.0 Å². The third kappa shape index (κ3) is 6.12. The number of rotatable bonds is 9. The summed E-state index contributed by atoms with van der Waals surface area (Å²) < 4.78 is 11.4. The third-order valence-electron chi connectivity index (χ3n) is 9.72. The molecule has 1 aliphatic carbocycles. The maximum atomic E-state index is 11.7. The molecule has 2 N–H and O–H groups in total. The molecular formula is C36H37Cl2N5O5. The largest absolute Gasteiger partial charge is 0.481 e. The summed E-state index contributed by atoms with van der Waals surface area (Å²) in [4.78, 5) is 30.4. The van der Waals surface area contributed by atoms with Gasteiger partial charge < -0.3 is 19.7 Å². The Morgan fingerprint density at radius 3 is 2.21 bits per heavy atom. The van der Waals surface area contributed by atoms with E-state index in [4.69, 9.17) is 42.6 Å². The Bertz CT molecular complexity index is 1870. The number of carboxylic acids is 1. The van der Waals surface area contributed by atoms with Crippen LogP contribution in [0.25, 0.3) is 33.6 Å². The molecule has 48 heavy (non-hydrogen) atoms. The number of nitrogens with zero attached hydrogens (tertiary/aromatic N) is 5. The number of aryl methyl sites for hydroxylation is 1. The average molecular weight is 691 g/mol. The highest BCUT2D eigenvalue weighted by Gasteiger charge is 2.36. The highest BCUT2D eigenvalue weighted by Crippen LogP contribution is 2.46. The van der Waals surface area contributed by atoms with Gasteiger partial charge in [0.1, 0.15) is 5.69 Å². The number of ether oxygens (including phenoxy) is 2. The summed E-state index contributed by atoms with van der Waals surface area (Å²) in [6.45, 7) is 3.13. The SMILES string of the molecule is COc1nc(-c2cccc(-c3cccc(-c4cc5c(c(OC)n4)C(N4CCC[C@H](C(=O)O)C4)CC5)c3Cl)c2Cl)cnc1CN1CC(O)C1. The van der Waals surface area contributed by atoms with Gasteiger partial charge in [-0.25, -0.2) is 9.97 Å². The number of pyridine rings is 1. The molecule has 12 heteroatoms. The van der Waals surface area contributed by atoms with Gasteiger partial charge in [0.2, 0.25) is 11.8 Å². The van der Waals surface area contributed by atoms with Crippen LogP contribution in [-0.4, -0.2) is 87.4 Å². The molecule has 10 nitrogen and oxygen atoms in total. The molecule has 2 aliphatic heterocycles. The number of fused-ring (bicyclic) bond motifs is 1. The van der Waals surface area contributed by atoms with Gasteiger partial charge >= 0.3 is 5.97 Å². The number of hydrogen-bond donors (Lipinski definition) is 2. The first-order valence-corrected chi connectivity index (χ1v) is 16.9. The normalized spacial score (nSPS) is 19.9. The number of aromatic nitrogens is 3. The van der Waals surface area contributed by atoms with Gasteiger partial charge in [0.15, 0.2) is 0 Å². The minimum atomic E-state index is -0.733. The smallest absolute Gasteiger partial charge is 0.307 e. The summed E-state index contributed by atoms with van der Waals surface area (Å²) in [5.74, 6) is -0.127. The van der Waals surface area contributed by atoms with Crippen LogP contribution < -0.4 is 9.47 Å². The van der Waals surface area contributed by atoms with Crippen LogP contribution in [0, 0.1) is 5.92 Å². The van der Waals surface area contributed by atoms with Crippen LogP contribution in [0.3, 0.4) is 0 Å². The number of aliphatic hydroxyl groups is 1. The lowest BCUT2D eigenvalue weighted by molar-refractivity contribution is -0.144. The highest BCUT2D eigenvalue weighted by molar-refractivity contribution is 6.39. The topological polar surface area (TPSA) is 121 Å². The van der Waals surface area contributed by atoms with Crippen molar-refractivity contribution in [2.24, 2.45) is 5.92 Å². The number of carbonyl (C=O) groups is 1. The van der Waals surface area contributed by atoms with Crippen molar-refractivity contribution < 1.29 is 24.5 Å². The van der Waals surface area contributed by atoms with Crippen molar-refractivity contribution in [2.75, 3.05) is 40.4 Å². The van der Waals surface area contributed by atoms with Gasteiger partial charge in [-0.1, -0.05) is 59.6 Å². The molecule has 7 rings (SSSR count). The molecule has 2 saturated heterocycles. The van der Waals surface area contributed by atoms with E-state index < -0.39 is 5.97 Å². The van der Waals surface area contributed by atoms with Gasteiger partial charge in [-0.05, 0) is 43.9 Å². The second-order valence-corrected chi connectivity index (χ2v) is 13.5. The molecule has 0 spiro atoms. The molecule has 4 heterocycles. The van der Waals surface area contributed by atoms with E-state index in [1.807, 2.05) is 36.4 Å². The molecule has 0 amide bonds. The molecule has 0 bridgehead atoms. The van der Waals surface area contributed by atoms with Gasteiger partial charge in [0.05, 0.1) is 53.9 Å². The van der Waals surface area contributed by atoms with Crippen molar-refractivity contribution in [3.05, 3.63) is 75.5 Å². The number of benzene rings is 2. The van der Waals surface area contributed by atoms with E-state index >= 15 is 0 Å². The molecule has 4 aromatic rings. The Labute approximate surface area is 289 Å². The first-order chi connectivity index (χ1) is 23.2.